The summed E-state index contributed by atoms with van der Waals surface area (Å²) in [5.41, 5.74) is 16.4. The standard InChI is InChI=1S/C21H25ClN2/c22-20-12-15(14-4-2-1-3-5-14)6-7-17(20)18-13-19(18)21(24)10-8-16(23)9-11-21/h1-7,12,16,18-19H,8-11,13,23-24H2. The molecule has 4 N–H and O–H groups in total. The molecule has 24 heavy (non-hydrogen) atoms. The maximum atomic E-state index is 6.73. The fraction of sp³-hybridized carbons (Fsp3) is 0.429. The van der Waals surface area contributed by atoms with Gasteiger partial charge in [-0.15, -0.1) is 0 Å². The number of hydrogen-bond donors (Lipinski definition) is 2. The molecular formula is C21H25ClN2. The maximum Gasteiger partial charge on any atom is 0.0447 e. The molecule has 2 nitrogen and oxygen atoms in total. The second kappa shape index (κ2) is 6.18. The molecule has 2 unspecified atom stereocenters. The second-order valence-corrected chi connectivity index (χ2v) is 8.03. The molecule has 2 aromatic carbocycles. The fourth-order valence-corrected chi connectivity index (χ4v) is 4.68. The van der Waals surface area contributed by atoms with Gasteiger partial charge in [-0.25, -0.2) is 0 Å². The van der Waals surface area contributed by atoms with Gasteiger partial charge in [0.1, 0.15) is 0 Å². The van der Waals surface area contributed by atoms with Crippen LogP contribution in [0.5, 0.6) is 0 Å². The van der Waals surface area contributed by atoms with E-state index in [4.69, 9.17) is 23.1 Å². The number of rotatable bonds is 3. The lowest BCUT2D eigenvalue weighted by molar-refractivity contribution is 0.239. The van der Waals surface area contributed by atoms with Gasteiger partial charge in [-0.1, -0.05) is 54.1 Å². The first-order valence-corrected chi connectivity index (χ1v) is 9.34. The van der Waals surface area contributed by atoms with E-state index in [1.807, 2.05) is 6.07 Å². The minimum absolute atomic E-state index is 0.0397. The second-order valence-electron chi connectivity index (χ2n) is 7.62. The van der Waals surface area contributed by atoms with Gasteiger partial charge in [-0.3, -0.25) is 0 Å². The van der Waals surface area contributed by atoms with Gasteiger partial charge in [0.15, 0.2) is 0 Å². The van der Waals surface area contributed by atoms with Crippen LogP contribution in [0.2, 0.25) is 5.02 Å². The maximum absolute atomic E-state index is 6.73. The van der Waals surface area contributed by atoms with E-state index in [-0.39, 0.29) is 5.54 Å². The van der Waals surface area contributed by atoms with Crippen LogP contribution < -0.4 is 11.5 Å². The van der Waals surface area contributed by atoms with Crippen molar-refractivity contribution in [2.75, 3.05) is 0 Å². The molecule has 0 spiro atoms. The van der Waals surface area contributed by atoms with Crippen molar-refractivity contribution in [2.45, 2.75) is 49.6 Å². The minimum Gasteiger partial charge on any atom is -0.328 e. The van der Waals surface area contributed by atoms with Crippen molar-refractivity contribution < 1.29 is 0 Å². The van der Waals surface area contributed by atoms with E-state index in [9.17, 15) is 0 Å². The molecule has 2 aromatic rings. The zero-order valence-corrected chi connectivity index (χ0v) is 14.7. The van der Waals surface area contributed by atoms with E-state index in [1.54, 1.807) is 0 Å². The Morgan fingerprint density at radius 2 is 1.67 bits per heavy atom. The highest BCUT2D eigenvalue weighted by atomic mass is 35.5. The summed E-state index contributed by atoms with van der Waals surface area (Å²) in [5, 5.41) is 0.875. The lowest BCUT2D eigenvalue weighted by Crippen LogP contribution is -2.48. The molecule has 0 aliphatic heterocycles. The molecule has 0 radical (unpaired) electrons. The molecule has 0 saturated heterocycles. The van der Waals surface area contributed by atoms with E-state index < -0.39 is 0 Å². The first-order chi connectivity index (χ1) is 11.6. The summed E-state index contributed by atoms with van der Waals surface area (Å²) in [6.07, 6.45) is 5.38. The molecule has 2 fully saturated rings. The van der Waals surface area contributed by atoms with Gasteiger partial charge in [0, 0.05) is 16.6 Å². The molecule has 2 aliphatic rings. The van der Waals surface area contributed by atoms with Crippen molar-refractivity contribution in [3.05, 3.63) is 59.1 Å². The molecule has 0 aromatic heterocycles. The molecule has 3 heteroatoms. The monoisotopic (exact) mass is 340 g/mol. The Morgan fingerprint density at radius 3 is 2.33 bits per heavy atom. The summed E-state index contributed by atoms with van der Waals surface area (Å²) >= 11 is 6.63. The average Bonchev–Trinajstić information content (AvgIpc) is 3.40. The third-order valence-corrected chi connectivity index (χ3v) is 6.32. The molecular weight excluding hydrogens is 316 g/mol. The number of halogens is 1. The van der Waals surface area contributed by atoms with Gasteiger partial charge >= 0.3 is 0 Å². The van der Waals surface area contributed by atoms with E-state index in [0.29, 0.717) is 17.9 Å². The van der Waals surface area contributed by atoms with Gasteiger partial charge in [0.2, 0.25) is 0 Å². The molecule has 0 heterocycles. The molecule has 126 valence electrons. The largest absolute Gasteiger partial charge is 0.328 e. The molecule has 2 aliphatic carbocycles. The predicted molar refractivity (Wildman–Crippen MR) is 101 cm³/mol. The Hall–Kier alpha value is -1.35. The Labute approximate surface area is 149 Å². The van der Waals surface area contributed by atoms with Crippen LogP contribution in [-0.4, -0.2) is 11.6 Å². The van der Waals surface area contributed by atoms with Crippen LogP contribution in [0.1, 0.15) is 43.6 Å². The Balaban J connectivity index is 1.52. The topological polar surface area (TPSA) is 52.0 Å². The minimum atomic E-state index is -0.0397. The van der Waals surface area contributed by atoms with Crippen LogP contribution in [0.15, 0.2) is 48.5 Å². The SMILES string of the molecule is NC1CCC(N)(C2CC2c2ccc(-c3ccccc3)cc2Cl)CC1. The van der Waals surface area contributed by atoms with Crippen molar-refractivity contribution in [1.82, 2.24) is 0 Å². The number of benzene rings is 2. The Bertz CT molecular complexity index is 720. The summed E-state index contributed by atoms with van der Waals surface area (Å²) in [6, 6.07) is 17.2. The van der Waals surface area contributed by atoms with Gasteiger partial charge in [-0.05, 0) is 66.7 Å². The van der Waals surface area contributed by atoms with Gasteiger partial charge in [0.05, 0.1) is 0 Å². The third-order valence-electron chi connectivity index (χ3n) is 6.00. The summed E-state index contributed by atoms with van der Waals surface area (Å²) in [7, 11) is 0. The lowest BCUT2D eigenvalue weighted by Gasteiger charge is -2.37. The normalized spacial score (nSPS) is 32.5. The van der Waals surface area contributed by atoms with Crippen LogP contribution in [-0.2, 0) is 0 Å². The van der Waals surface area contributed by atoms with Crippen LogP contribution >= 0.6 is 11.6 Å². The van der Waals surface area contributed by atoms with Gasteiger partial charge < -0.3 is 11.5 Å². The molecule has 2 saturated carbocycles. The lowest BCUT2D eigenvalue weighted by atomic mass is 9.76. The van der Waals surface area contributed by atoms with Crippen LogP contribution in [0, 0.1) is 5.92 Å². The van der Waals surface area contributed by atoms with Crippen molar-refractivity contribution in [3.63, 3.8) is 0 Å². The van der Waals surface area contributed by atoms with E-state index in [1.165, 1.54) is 16.7 Å². The van der Waals surface area contributed by atoms with Crippen molar-refractivity contribution >= 4 is 11.6 Å². The van der Waals surface area contributed by atoms with E-state index >= 15 is 0 Å². The quantitative estimate of drug-likeness (QED) is 0.850. The molecule has 0 bridgehead atoms. The number of hydrogen-bond acceptors (Lipinski definition) is 2. The van der Waals surface area contributed by atoms with Crippen LogP contribution in [0.3, 0.4) is 0 Å². The smallest absolute Gasteiger partial charge is 0.0447 e. The van der Waals surface area contributed by atoms with Gasteiger partial charge in [-0.2, -0.15) is 0 Å². The number of nitrogens with two attached hydrogens (primary N) is 2. The summed E-state index contributed by atoms with van der Waals surface area (Å²) in [6.45, 7) is 0. The third kappa shape index (κ3) is 2.99. The molecule has 0 amide bonds. The zero-order chi connectivity index (χ0) is 16.7. The van der Waals surface area contributed by atoms with Crippen molar-refractivity contribution in [1.29, 1.82) is 0 Å². The van der Waals surface area contributed by atoms with Crippen molar-refractivity contribution in [2.24, 2.45) is 17.4 Å². The van der Waals surface area contributed by atoms with Gasteiger partial charge in [0.25, 0.3) is 0 Å². The first-order valence-electron chi connectivity index (χ1n) is 8.96. The highest BCUT2D eigenvalue weighted by Crippen LogP contribution is 2.57. The average molecular weight is 341 g/mol. The highest BCUT2D eigenvalue weighted by Gasteiger charge is 2.52. The van der Waals surface area contributed by atoms with E-state index in [0.717, 1.165) is 37.1 Å². The highest BCUT2D eigenvalue weighted by molar-refractivity contribution is 6.31. The van der Waals surface area contributed by atoms with Crippen molar-refractivity contribution in [3.8, 4) is 11.1 Å². The summed E-state index contributed by atoms with van der Waals surface area (Å²) in [4.78, 5) is 0. The van der Waals surface area contributed by atoms with Crippen LogP contribution in [0.25, 0.3) is 11.1 Å². The Kier molecular flexibility index (Phi) is 4.16. The molecule has 2 atom stereocenters. The molecule has 4 rings (SSSR count). The summed E-state index contributed by atoms with van der Waals surface area (Å²) < 4.78 is 0. The summed E-state index contributed by atoms with van der Waals surface area (Å²) in [5.74, 6) is 1.08. The zero-order valence-electron chi connectivity index (χ0n) is 13.9. The first kappa shape index (κ1) is 16.1. The Morgan fingerprint density at radius 1 is 0.958 bits per heavy atom. The van der Waals surface area contributed by atoms with Crippen LogP contribution in [0.4, 0.5) is 0 Å². The predicted octanol–water partition coefficient (Wildman–Crippen LogP) is 4.71. The fourth-order valence-electron chi connectivity index (χ4n) is 4.36. The van der Waals surface area contributed by atoms with E-state index in [2.05, 4.69) is 42.5 Å².